The average molecular weight is 604 g/mol. The summed E-state index contributed by atoms with van der Waals surface area (Å²) < 4.78 is 46.0. The van der Waals surface area contributed by atoms with Gasteiger partial charge in [-0.3, -0.25) is 9.58 Å². The largest absolute Gasteiger partial charge is 0.491 e. The summed E-state index contributed by atoms with van der Waals surface area (Å²) in [6, 6.07) is 7.25. The van der Waals surface area contributed by atoms with E-state index < -0.39 is 18.8 Å². The fourth-order valence-corrected chi connectivity index (χ4v) is 6.19. The molecule has 0 unspecified atom stereocenters. The summed E-state index contributed by atoms with van der Waals surface area (Å²) in [5.41, 5.74) is 3.29. The second-order valence-corrected chi connectivity index (χ2v) is 11.8. The monoisotopic (exact) mass is 603 g/mol. The molecule has 0 aliphatic carbocycles. The van der Waals surface area contributed by atoms with Gasteiger partial charge in [0, 0.05) is 55.3 Å². The molecular weight excluding hydrogens is 571 g/mol. The number of nitriles is 1. The highest BCUT2D eigenvalue weighted by atomic mass is 35.5. The average Bonchev–Trinajstić information content (AvgIpc) is 3.17. The second kappa shape index (κ2) is 11.4. The number of anilines is 1. The first-order chi connectivity index (χ1) is 19.8. The summed E-state index contributed by atoms with van der Waals surface area (Å²) >= 11 is 6.64. The van der Waals surface area contributed by atoms with Crippen molar-refractivity contribution in [3.05, 3.63) is 40.0 Å². The van der Waals surface area contributed by atoms with Crippen molar-refractivity contribution in [3.63, 3.8) is 0 Å². The van der Waals surface area contributed by atoms with Gasteiger partial charge in [0.05, 0.1) is 29.1 Å². The highest BCUT2D eigenvalue weighted by Crippen LogP contribution is 2.45. The van der Waals surface area contributed by atoms with Crippen molar-refractivity contribution in [3.8, 4) is 34.6 Å². The molecule has 1 spiro atoms. The number of likely N-dealkylation sites (tertiary alicyclic amines) is 1. The molecule has 2 saturated heterocycles. The van der Waals surface area contributed by atoms with Gasteiger partial charge in [0.15, 0.2) is 11.5 Å². The van der Waals surface area contributed by atoms with Gasteiger partial charge in [-0.25, -0.2) is 9.97 Å². The lowest BCUT2D eigenvalue weighted by atomic mass is 9.72. The highest BCUT2D eigenvalue weighted by Gasteiger charge is 2.54. The molecular formula is C29H33ClF3N7O2. The molecule has 13 heteroatoms. The molecule has 0 bridgehead atoms. The Morgan fingerprint density at radius 3 is 2.50 bits per heavy atom. The Bertz CT molecular complexity index is 1520. The Morgan fingerprint density at radius 1 is 1.17 bits per heavy atom. The Hall–Kier alpha value is -3.40. The summed E-state index contributed by atoms with van der Waals surface area (Å²) in [5, 5.41) is 24.4. The van der Waals surface area contributed by atoms with Crippen LogP contribution in [0.2, 0.25) is 5.02 Å². The topological polar surface area (TPSA) is 103 Å². The molecule has 1 aromatic carbocycles. The van der Waals surface area contributed by atoms with Crippen LogP contribution >= 0.6 is 11.6 Å². The van der Waals surface area contributed by atoms with Gasteiger partial charge >= 0.3 is 6.18 Å². The maximum atomic E-state index is 12.9. The molecule has 4 heterocycles. The van der Waals surface area contributed by atoms with Gasteiger partial charge in [-0.2, -0.15) is 23.5 Å². The predicted molar refractivity (Wildman–Crippen MR) is 152 cm³/mol. The van der Waals surface area contributed by atoms with Crippen molar-refractivity contribution in [1.82, 2.24) is 24.6 Å². The minimum atomic E-state index is -4.22. The SMILES string of the molecule is CCC[C@@H](O)COc1ccc(Cl)c(-c2nc(-c3c(C)c(C#N)nn3C)c(C)c(N3CC4(CN(CC(F)(F)F)C4)C3)n2)c1. The number of aryl methyl sites for hydroxylation is 1. The van der Waals surface area contributed by atoms with Crippen LogP contribution < -0.4 is 9.64 Å². The molecule has 0 amide bonds. The van der Waals surface area contributed by atoms with Crippen LogP contribution in [0.3, 0.4) is 0 Å². The third kappa shape index (κ3) is 5.91. The van der Waals surface area contributed by atoms with Crippen LogP contribution in [0.1, 0.15) is 36.6 Å². The summed E-state index contributed by atoms with van der Waals surface area (Å²) in [4.78, 5) is 13.3. The molecule has 0 radical (unpaired) electrons. The molecule has 1 atom stereocenters. The molecule has 1 N–H and O–H groups in total. The lowest BCUT2D eigenvalue weighted by Gasteiger charge is -2.61. The first kappa shape index (κ1) is 30.1. The van der Waals surface area contributed by atoms with E-state index in [2.05, 4.69) is 16.1 Å². The fraction of sp³-hybridized carbons (Fsp3) is 0.517. The second-order valence-electron chi connectivity index (χ2n) is 11.4. The standard InChI is InChI=1S/C29H33ClF3N7O2/c1-5-6-19(41)11-42-20-7-8-22(30)21(9-20)26-35-24(25-17(2)23(10-34)37-38(25)4)18(3)27(36-26)40-14-28(15-40)12-39(13-28)16-29(31,32)33/h7-9,19,41H,5-6,11-16H2,1-4H3/t19-/m1/s1. The summed E-state index contributed by atoms with van der Waals surface area (Å²) in [7, 11) is 1.75. The zero-order chi connectivity index (χ0) is 30.4. The molecule has 42 heavy (non-hydrogen) atoms. The minimum absolute atomic E-state index is 0.131. The minimum Gasteiger partial charge on any atom is -0.491 e. The molecule has 224 valence electrons. The number of halogens is 4. The van der Waals surface area contributed by atoms with E-state index in [4.69, 9.17) is 26.3 Å². The number of rotatable bonds is 9. The summed E-state index contributed by atoms with van der Waals surface area (Å²) in [6.07, 6.45) is -3.36. The van der Waals surface area contributed by atoms with Crippen molar-refractivity contribution >= 4 is 17.4 Å². The maximum Gasteiger partial charge on any atom is 0.401 e. The van der Waals surface area contributed by atoms with Gasteiger partial charge in [-0.1, -0.05) is 24.9 Å². The van der Waals surface area contributed by atoms with E-state index in [0.717, 1.165) is 12.0 Å². The fourth-order valence-electron chi connectivity index (χ4n) is 5.99. The van der Waals surface area contributed by atoms with E-state index in [0.29, 0.717) is 77.5 Å². The van der Waals surface area contributed by atoms with Crippen molar-refractivity contribution < 1.29 is 23.0 Å². The number of hydrogen-bond acceptors (Lipinski definition) is 8. The Morgan fingerprint density at radius 2 is 1.88 bits per heavy atom. The van der Waals surface area contributed by atoms with E-state index in [9.17, 15) is 23.5 Å². The summed E-state index contributed by atoms with van der Waals surface area (Å²) in [5.74, 6) is 1.49. The normalized spacial score (nSPS) is 17.1. The van der Waals surface area contributed by atoms with E-state index in [1.807, 2.05) is 20.8 Å². The number of aromatic nitrogens is 4. The van der Waals surface area contributed by atoms with E-state index in [1.54, 1.807) is 29.9 Å². The Balaban J connectivity index is 1.51. The van der Waals surface area contributed by atoms with Crippen LogP contribution in [-0.4, -0.2) is 81.4 Å². The van der Waals surface area contributed by atoms with Gasteiger partial charge in [0.25, 0.3) is 0 Å². The first-order valence-corrected chi connectivity index (χ1v) is 14.2. The lowest BCUT2D eigenvalue weighted by molar-refractivity contribution is -0.172. The first-order valence-electron chi connectivity index (χ1n) is 13.8. The van der Waals surface area contributed by atoms with Crippen LogP contribution in [0.5, 0.6) is 5.75 Å². The lowest BCUT2D eigenvalue weighted by Crippen LogP contribution is -2.73. The summed E-state index contributed by atoms with van der Waals surface area (Å²) in [6.45, 7) is 6.83. The Labute approximate surface area is 247 Å². The number of hydrogen-bond donors (Lipinski definition) is 1. The number of aliphatic hydroxyl groups is 1. The number of benzene rings is 1. The molecule has 2 fully saturated rings. The molecule has 2 aromatic heterocycles. The molecule has 2 aliphatic rings. The number of aliphatic hydroxyl groups excluding tert-OH is 1. The van der Waals surface area contributed by atoms with Crippen LogP contribution in [0.15, 0.2) is 18.2 Å². The molecule has 0 saturated carbocycles. The van der Waals surface area contributed by atoms with E-state index in [1.165, 1.54) is 4.90 Å². The van der Waals surface area contributed by atoms with Crippen LogP contribution in [0, 0.1) is 30.6 Å². The third-order valence-electron chi connectivity index (χ3n) is 7.85. The van der Waals surface area contributed by atoms with Gasteiger partial charge in [0.1, 0.15) is 24.2 Å². The third-order valence-corrected chi connectivity index (χ3v) is 8.18. The number of nitrogens with zero attached hydrogens (tertiary/aromatic N) is 7. The molecule has 5 rings (SSSR count). The van der Waals surface area contributed by atoms with E-state index in [-0.39, 0.29) is 17.7 Å². The zero-order valence-electron chi connectivity index (χ0n) is 24.0. The van der Waals surface area contributed by atoms with Gasteiger partial charge < -0.3 is 14.7 Å². The van der Waals surface area contributed by atoms with Gasteiger partial charge in [-0.15, -0.1) is 0 Å². The van der Waals surface area contributed by atoms with Crippen molar-refractivity contribution in [2.24, 2.45) is 12.5 Å². The number of alkyl halides is 3. The maximum absolute atomic E-state index is 12.9. The highest BCUT2D eigenvalue weighted by molar-refractivity contribution is 6.33. The zero-order valence-corrected chi connectivity index (χ0v) is 24.7. The number of ether oxygens (including phenoxy) is 1. The van der Waals surface area contributed by atoms with Gasteiger partial charge in [0.2, 0.25) is 0 Å². The van der Waals surface area contributed by atoms with Crippen LogP contribution in [-0.2, 0) is 7.05 Å². The van der Waals surface area contributed by atoms with E-state index >= 15 is 0 Å². The Kier molecular flexibility index (Phi) is 8.13. The quantitative estimate of drug-likeness (QED) is 0.368. The van der Waals surface area contributed by atoms with Gasteiger partial charge in [-0.05, 0) is 38.5 Å². The molecule has 2 aliphatic heterocycles. The smallest absolute Gasteiger partial charge is 0.401 e. The van der Waals surface area contributed by atoms with Crippen molar-refractivity contribution in [1.29, 1.82) is 5.26 Å². The molecule has 9 nitrogen and oxygen atoms in total. The van der Waals surface area contributed by atoms with Crippen molar-refractivity contribution in [2.45, 2.75) is 45.9 Å². The predicted octanol–water partition coefficient (Wildman–Crippen LogP) is 4.91. The van der Waals surface area contributed by atoms with Crippen molar-refractivity contribution in [2.75, 3.05) is 44.2 Å². The molecule has 3 aromatic rings. The van der Waals surface area contributed by atoms with Crippen LogP contribution in [0.4, 0.5) is 19.0 Å². The van der Waals surface area contributed by atoms with Crippen LogP contribution in [0.25, 0.3) is 22.8 Å².